The number of benzene rings is 2. The Balaban J connectivity index is 0.00000450. The van der Waals surface area contributed by atoms with E-state index in [0.29, 0.717) is 11.5 Å². The summed E-state index contributed by atoms with van der Waals surface area (Å²) in [5.74, 6) is 0.985. The molecule has 0 amide bonds. The van der Waals surface area contributed by atoms with Gasteiger partial charge in [-0.25, -0.2) is 0 Å². The van der Waals surface area contributed by atoms with E-state index in [1.807, 2.05) is 0 Å². The molecule has 0 bridgehead atoms. The quantitative estimate of drug-likeness (QED) is 0.293. The van der Waals surface area contributed by atoms with Gasteiger partial charge in [-0.1, -0.05) is 69.9 Å². The van der Waals surface area contributed by atoms with Gasteiger partial charge in [-0.05, 0) is 49.2 Å². The average molecular weight is 443 g/mol. The molecule has 0 heterocycles. The minimum absolute atomic E-state index is 0. The van der Waals surface area contributed by atoms with E-state index in [1.54, 1.807) is 12.1 Å². The van der Waals surface area contributed by atoms with Gasteiger partial charge in [0.2, 0.25) is 0 Å². The van der Waals surface area contributed by atoms with Crippen LogP contribution in [0, 0.1) is 0 Å². The maximum Gasteiger partial charge on any atom is 1.00 e. The molecule has 2 aromatic rings. The molecule has 160 valence electrons. The van der Waals surface area contributed by atoms with Crippen molar-refractivity contribution in [2.45, 2.75) is 76.0 Å². The van der Waals surface area contributed by atoms with Crippen LogP contribution >= 0.6 is 0 Å². The van der Waals surface area contributed by atoms with Crippen molar-refractivity contribution in [3.05, 3.63) is 48.0 Å². The summed E-state index contributed by atoms with van der Waals surface area (Å²) in [5.41, 5.74) is 0.736. The van der Waals surface area contributed by atoms with E-state index in [-0.39, 0.29) is 40.2 Å². The number of hydrogen-bond donors (Lipinski definition) is 1. The molecule has 0 aliphatic carbocycles. The third kappa shape index (κ3) is 9.84. The van der Waals surface area contributed by atoms with E-state index >= 15 is 0 Å². The minimum Gasteiger partial charge on any atom is -0.872 e. The molecule has 2 aromatic carbocycles. The van der Waals surface area contributed by atoms with E-state index in [1.165, 1.54) is 75.3 Å². The summed E-state index contributed by atoms with van der Waals surface area (Å²) >= 11 is 0. The van der Waals surface area contributed by atoms with E-state index in [2.05, 4.69) is 6.92 Å². The fraction of sp³-hybridized carbons (Fsp3) is 0.478. The van der Waals surface area contributed by atoms with Crippen LogP contribution in [-0.2, 0) is 16.5 Å². The first-order chi connectivity index (χ1) is 13.9. The van der Waals surface area contributed by atoms with Gasteiger partial charge in [0.05, 0.1) is 4.90 Å². The normalized spacial score (nSPS) is 11.1. The number of rotatable bonds is 13. The molecule has 0 aliphatic rings. The number of aryl methyl sites for hydroxylation is 1. The Hall–Kier alpha value is -1.05. The summed E-state index contributed by atoms with van der Waals surface area (Å²) in [4.78, 5) is -0.189. The molecule has 0 aromatic heterocycles. The molecule has 1 N–H and O–H groups in total. The predicted octanol–water partition coefficient (Wildman–Crippen LogP) is 2.88. The van der Waals surface area contributed by atoms with Crippen molar-refractivity contribution in [1.82, 2.24) is 0 Å². The van der Waals surface area contributed by atoms with E-state index in [0.717, 1.165) is 24.8 Å². The van der Waals surface area contributed by atoms with Gasteiger partial charge in [-0.15, -0.1) is 5.75 Å². The van der Waals surface area contributed by atoms with E-state index in [9.17, 15) is 13.5 Å². The van der Waals surface area contributed by atoms with Crippen LogP contribution in [0.5, 0.6) is 17.2 Å². The van der Waals surface area contributed by atoms with Crippen LogP contribution in [0.4, 0.5) is 0 Å². The molecule has 7 heteroatoms. The molecule has 0 unspecified atom stereocenters. The fourth-order valence-electron chi connectivity index (χ4n) is 3.26. The Morgan fingerprint density at radius 2 is 1.37 bits per heavy atom. The van der Waals surface area contributed by atoms with Gasteiger partial charge < -0.3 is 9.84 Å². The summed E-state index contributed by atoms with van der Waals surface area (Å²) in [6.45, 7) is 2.23. The van der Waals surface area contributed by atoms with Gasteiger partial charge in [0.15, 0.2) is 0 Å². The standard InChI is InChI=1S/C23H32O5S.Na/c1-2-3-4-5-6-7-8-9-10-11-19-18-21(14-17-23(19)24)28-20-12-15-22(16-13-20)29(25,26)27;/h12-18,24H,2-11H2,1H3,(H,25,26,27);/q;+1/p-1. The number of hydrogen-bond acceptors (Lipinski definition) is 4. The molecule has 2 rings (SSSR count). The molecular formula is C23H31NaO5S. The zero-order chi connectivity index (χ0) is 21.1. The second-order valence-electron chi connectivity index (χ2n) is 7.40. The second kappa shape index (κ2) is 14.1. The minimum atomic E-state index is -4.22. The van der Waals surface area contributed by atoms with Crippen LogP contribution in [0.1, 0.15) is 70.3 Å². The van der Waals surface area contributed by atoms with Gasteiger partial charge in [-0.2, -0.15) is 8.42 Å². The average Bonchev–Trinajstić information content (AvgIpc) is 2.68. The SMILES string of the molecule is CCCCCCCCCCCc1cc(Oc2ccc(S(=O)(=O)O)cc2)ccc1[O-].[Na+]. The summed E-state index contributed by atoms with van der Waals surface area (Å²) in [6, 6.07) is 10.3. The largest absolute Gasteiger partial charge is 1.00 e. The van der Waals surface area contributed by atoms with Crippen LogP contribution in [0.3, 0.4) is 0 Å². The Labute approximate surface area is 202 Å². The maximum absolute atomic E-state index is 12.1. The van der Waals surface area contributed by atoms with Crippen LogP contribution in [0.15, 0.2) is 47.4 Å². The first-order valence-electron chi connectivity index (χ1n) is 10.5. The third-order valence-corrected chi connectivity index (χ3v) is 5.81. The molecule has 30 heavy (non-hydrogen) atoms. The molecule has 0 saturated carbocycles. The smallest absolute Gasteiger partial charge is 0.872 e. The summed E-state index contributed by atoms with van der Waals surface area (Å²) in [7, 11) is -4.22. The first kappa shape index (κ1) is 27.0. The van der Waals surface area contributed by atoms with Gasteiger partial charge >= 0.3 is 29.6 Å². The number of ether oxygens (including phenoxy) is 1. The van der Waals surface area contributed by atoms with Crippen LogP contribution in [0.2, 0.25) is 0 Å². The molecule has 0 aliphatic heterocycles. The zero-order valence-electron chi connectivity index (χ0n) is 18.1. The van der Waals surface area contributed by atoms with E-state index < -0.39 is 10.1 Å². The third-order valence-electron chi connectivity index (χ3n) is 4.94. The zero-order valence-corrected chi connectivity index (χ0v) is 20.9. The van der Waals surface area contributed by atoms with Crippen LogP contribution < -0.4 is 39.4 Å². The van der Waals surface area contributed by atoms with E-state index in [4.69, 9.17) is 9.29 Å². The molecular weight excluding hydrogens is 411 g/mol. The maximum atomic E-state index is 12.1. The molecule has 0 radical (unpaired) electrons. The predicted molar refractivity (Wildman–Crippen MR) is 113 cm³/mol. The summed E-state index contributed by atoms with van der Waals surface area (Å²) in [5, 5.41) is 12.1. The Kier molecular flexibility index (Phi) is 12.7. The van der Waals surface area contributed by atoms with Crippen LogP contribution in [0.25, 0.3) is 0 Å². The van der Waals surface area contributed by atoms with Crippen molar-refractivity contribution in [3.63, 3.8) is 0 Å². The van der Waals surface area contributed by atoms with Gasteiger partial charge in [0.1, 0.15) is 11.5 Å². The monoisotopic (exact) mass is 442 g/mol. The second-order valence-corrected chi connectivity index (χ2v) is 8.82. The topological polar surface area (TPSA) is 86.7 Å². The van der Waals surface area contributed by atoms with Crippen LogP contribution in [-0.4, -0.2) is 13.0 Å². The molecule has 0 saturated heterocycles. The molecule has 0 fully saturated rings. The van der Waals surface area contributed by atoms with Crippen molar-refractivity contribution >= 4 is 10.1 Å². The first-order valence-corrected chi connectivity index (χ1v) is 11.9. The molecule has 0 spiro atoms. The Morgan fingerprint density at radius 1 is 0.833 bits per heavy atom. The molecule has 5 nitrogen and oxygen atoms in total. The van der Waals surface area contributed by atoms with Gasteiger partial charge in [0.25, 0.3) is 10.1 Å². The number of unbranched alkanes of at least 4 members (excludes halogenated alkanes) is 8. The van der Waals surface area contributed by atoms with Crippen molar-refractivity contribution < 1.29 is 52.4 Å². The van der Waals surface area contributed by atoms with Crippen molar-refractivity contribution in [1.29, 1.82) is 0 Å². The fourth-order valence-corrected chi connectivity index (χ4v) is 3.74. The van der Waals surface area contributed by atoms with Gasteiger partial charge in [0, 0.05) is 0 Å². The van der Waals surface area contributed by atoms with Crippen molar-refractivity contribution in [2.75, 3.05) is 0 Å². The molecule has 0 atom stereocenters. The van der Waals surface area contributed by atoms with Crippen molar-refractivity contribution in [2.24, 2.45) is 0 Å². The summed E-state index contributed by atoms with van der Waals surface area (Å²) in [6.07, 6.45) is 11.9. The summed E-state index contributed by atoms with van der Waals surface area (Å²) < 4.78 is 36.9. The Bertz CT molecular complexity index is 850. The van der Waals surface area contributed by atoms with Gasteiger partial charge in [-0.3, -0.25) is 4.55 Å². The Morgan fingerprint density at radius 3 is 1.93 bits per heavy atom. The van der Waals surface area contributed by atoms with Crippen molar-refractivity contribution in [3.8, 4) is 17.2 Å².